The fourth-order valence-electron chi connectivity index (χ4n) is 3.08. The van der Waals surface area contributed by atoms with Gasteiger partial charge in [0.25, 0.3) is 15.9 Å². The number of methoxy groups -OCH3 is 1. The molecule has 0 aromatic heterocycles. The van der Waals surface area contributed by atoms with Crippen LogP contribution in [-0.2, 0) is 14.8 Å². The van der Waals surface area contributed by atoms with Crippen molar-refractivity contribution < 1.29 is 22.7 Å². The van der Waals surface area contributed by atoms with Gasteiger partial charge in [-0.05, 0) is 61.7 Å². The van der Waals surface area contributed by atoms with Gasteiger partial charge in [-0.1, -0.05) is 19.9 Å². The summed E-state index contributed by atoms with van der Waals surface area (Å²) >= 11 is 0. The third kappa shape index (κ3) is 4.38. The Labute approximate surface area is 178 Å². The SMILES string of the molecule is COc1ccc(S(=O)(=O)N2C[C@H](C(=O)N[C@H](C)C(C)C)Oc3cc(C)ccc32)cc1. The predicted molar refractivity (Wildman–Crippen MR) is 116 cm³/mol. The van der Waals surface area contributed by atoms with Gasteiger partial charge in [-0.3, -0.25) is 9.10 Å². The molecule has 0 aliphatic carbocycles. The zero-order valence-corrected chi connectivity index (χ0v) is 18.7. The molecule has 1 amide bonds. The van der Waals surface area contributed by atoms with Crippen LogP contribution in [0.4, 0.5) is 5.69 Å². The Bertz CT molecular complexity index is 1020. The largest absolute Gasteiger partial charge is 0.497 e. The molecule has 2 aromatic rings. The number of aryl methyl sites for hydroxylation is 1. The van der Waals surface area contributed by atoms with Crippen LogP contribution in [0.1, 0.15) is 26.3 Å². The Kier molecular flexibility index (Phi) is 6.26. The quantitative estimate of drug-likeness (QED) is 0.758. The molecule has 162 valence electrons. The van der Waals surface area contributed by atoms with Gasteiger partial charge < -0.3 is 14.8 Å². The van der Waals surface area contributed by atoms with E-state index in [0.29, 0.717) is 17.2 Å². The summed E-state index contributed by atoms with van der Waals surface area (Å²) in [4.78, 5) is 12.9. The molecule has 0 spiro atoms. The van der Waals surface area contributed by atoms with E-state index in [0.717, 1.165) is 5.56 Å². The number of hydrogen-bond donors (Lipinski definition) is 1. The molecule has 0 fully saturated rings. The minimum atomic E-state index is -3.91. The van der Waals surface area contributed by atoms with E-state index >= 15 is 0 Å². The van der Waals surface area contributed by atoms with Gasteiger partial charge in [0, 0.05) is 6.04 Å². The van der Waals surface area contributed by atoms with Gasteiger partial charge in [-0.15, -0.1) is 0 Å². The van der Waals surface area contributed by atoms with Crippen LogP contribution in [0.15, 0.2) is 47.4 Å². The first-order valence-electron chi connectivity index (χ1n) is 9.88. The van der Waals surface area contributed by atoms with E-state index in [2.05, 4.69) is 5.32 Å². The van der Waals surface area contributed by atoms with Gasteiger partial charge in [0.1, 0.15) is 11.5 Å². The second-order valence-electron chi connectivity index (χ2n) is 7.83. The number of amides is 1. The van der Waals surface area contributed by atoms with Crippen LogP contribution in [-0.4, -0.2) is 40.1 Å². The van der Waals surface area contributed by atoms with Crippen LogP contribution in [0.3, 0.4) is 0 Å². The van der Waals surface area contributed by atoms with Gasteiger partial charge in [-0.25, -0.2) is 8.42 Å². The zero-order chi connectivity index (χ0) is 22.1. The molecule has 0 saturated heterocycles. The number of carbonyl (C=O) groups excluding carboxylic acids is 1. The maximum Gasteiger partial charge on any atom is 0.264 e. The van der Waals surface area contributed by atoms with E-state index < -0.39 is 16.1 Å². The number of rotatable bonds is 6. The average Bonchev–Trinajstić information content (AvgIpc) is 2.72. The van der Waals surface area contributed by atoms with E-state index in [9.17, 15) is 13.2 Å². The van der Waals surface area contributed by atoms with E-state index in [1.54, 1.807) is 24.3 Å². The number of nitrogens with one attached hydrogen (secondary N) is 1. The standard InChI is InChI=1S/C22H28N2O5S/c1-14(2)16(4)23-22(25)21-13-24(19-11-6-15(3)12-20(19)29-21)30(26,27)18-9-7-17(28-5)8-10-18/h6-12,14,16,21H,13H2,1-5H3,(H,23,25)/t16-,21-/m1/s1. The lowest BCUT2D eigenvalue weighted by Crippen LogP contribution is -2.52. The molecule has 0 saturated carbocycles. The highest BCUT2D eigenvalue weighted by Gasteiger charge is 2.38. The second-order valence-corrected chi connectivity index (χ2v) is 9.69. The fraction of sp³-hybridized carbons (Fsp3) is 0.409. The molecular weight excluding hydrogens is 404 g/mol. The molecule has 2 aromatic carbocycles. The van der Waals surface area contributed by atoms with Crippen molar-refractivity contribution in [2.45, 2.75) is 44.7 Å². The number of carbonyl (C=O) groups is 1. The first-order valence-corrected chi connectivity index (χ1v) is 11.3. The Morgan fingerprint density at radius 2 is 1.83 bits per heavy atom. The van der Waals surface area contributed by atoms with Gasteiger partial charge in [-0.2, -0.15) is 0 Å². The maximum atomic E-state index is 13.4. The number of ether oxygens (including phenoxy) is 2. The number of nitrogens with zero attached hydrogens (tertiary/aromatic N) is 1. The van der Waals surface area contributed by atoms with E-state index in [1.807, 2.05) is 33.8 Å². The van der Waals surface area contributed by atoms with Gasteiger partial charge in [0.05, 0.1) is 24.2 Å². The third-order valence-corrected chi connectivity index (χ3v) is 7.09. The second kappa shape index (κ2) is 8.55. The molecule has 3 rings (SSSR count). The number of benzene rings is 2. The summed E-state index contributed by atoms with van der Waals surface area (Å²) < 4.78 is 39.1. The molecule has 1 N–H and O–H groups in total. The van der Waals surface area contributed by atoms with Gasteiger partial charge >= 0.3 is 0 Å². The van der Waals surface area contributed by atoms with Crippen molar-refractivity contribution in [1.29, 1.82) is 0 Å². The highest BCUT2D eigenvalue weighted by atomic mass is 32.2. The van der Waals surface area contributed by atoms with Crippen molar-refractivity contribution in [2.24, 2.45) is 5.92 Å². The van der Waals surface area contributed by atoms with Gasteiger partial charge in [0.2, 0.25) is 0 Å². The van der Waals surface area contributed by atoms with E-state index in [-0.39, 0.29) is 29.3 Å². The number of hydrogen-bond acceptors (Lipinski definition) is 5. The third-order valence-electron chi connectivity index (χ3n) is 5.29. The Morgan fingerprint density at radius 3 is 2.43 bits per heavy atom. The summed E-state index contributed by atoms with van der Waals surface area (Å²) in [6, 6.07) is 11.4. The fourth-order valence-corrected chi connectivity index (χ4v) is 4.56. The summed E-state index contributed by atoms with van der Waals surface area (Å²) in [5.41, 5.74) is 1.32. The Hall–Kier alpha value is -2.74. The molecular formula is C22H28N2O5S. The lowest BCUT2D eigenvalue weighted by Gasteiger charge is -2.35. The van der Waals surface area contributed by atoms with Crippen molar-refractivity contribution in [3.8, 4) is 11.5 Å². The van der Waals surface area contributed by atoms with Crippen molar-refractivity contribution in [2.75, 3.05) is 18.0 Å². The minimum Gasteiger partial charge on any atom is -0.497 e. The minimum absolute atomic E-state index is 0.0633. The Balaban J connectivity index is 1.98. The van der Waals surface area contributed by atoms with Crippen LogP contribution >= 0.6 is 0 Å². The first-order chi connectivity index (χ1) is 14.1. The molecule has 1 aliphatic heterocycles. The highest BCUT2D eigenvalue weighted by molar-refractivity contribution is 7.92. The predicted octanol–water partition coefficient (Wildman–Crippen LogP) is 3.12. The molecule has 30 heavy (non-hydrogen) atoms. The monoisotopic (exact) mass is 432 g/mol. The van der Waals surface area contributed by atoms with Crippen molar-refractivity contribution >= 4 is 21.6 Å². The summed E-state index contributed by atoms with van der Waals surface area (Å²) in [5, 5.41) is 2.92. The van der Waals surface area contributed by atoms with Crippen molar-refractivity contribution in [3.05, 3.63) is 48.0 Å². The molecule has 1 heterocycles. The first kappa shape index (κ1) is 22.0. The van der Waals surface area contributed by atoms with Crippen LogP contribution < -0.4 is 19.1 Å². The average molecular weight is 433 g/mol. The summed E-state index contributed by atoms with van der Waals surface area (Å²) in [6.45, 7) is 7.70. The number of anilines is 1. The van der Waals surface area contributed by atoms with Crippen LogP contribution in [0.5, 0.6) is 11.5 Å². The molecule has 8 heteroatoms. The van der Waals surface area contributed by atoms with E-state index in [4.69, 9.17) is 9.47 Å². The molecule has 0 unspecified atom stereocenters. The number of fused-ring (bicyclic) bond motifs is 1. The van der Waals surface area contributed by atoms with Gasteiger partial charge in [0.15, 0.2) is 6.10 Å². The molecule has 0 radical (unpaired) electrons. The topological polar surface area (TPSA) is 84.9 Å². The molecule has 1 aliphatic rings. The lowest BCUT2D eigenvalue weighted by molar-refractivity contribution is -0.128. The Morgan fingerprint density at radius 1 is 1.17 bits per heavy atom. The van der Waals surface area contributed by atoms with Crippen LogP contribution in [0, 0.1) is 12.8 Å². The maximum absolute atomic E-state index is 13.4. The zero-order valence-electron chi connectivity index (χ0n) is 17.9. The van der Waals surface area contributed by atoms with Crippen LogP contribution in [0.25, 0.3) is 0 Å². The highest BCUT2D eigenvalue weighted by Crippen LogP contribution is 2.38. The summed E-state index contributed by atoms with van der Waals surface area (Å²) in [5.74, 6) is 0.840. The summed E-state index contributed by atoms with van der Waals surface area (Å²) in [6.07, 6.45) is -0.950. The smallest absolute Gasteiger partial charge is 0.264 e. The lowest BCUT2D eigenvalue weighted by atomic mass is 10.1. The normalized spacial score (nSPS) is 17.1. The number of sulfonamides is 1. The van der Waals surface area contributed by atoms with Crippen molar-refractivity contribution in [3.63, 3.8) is 0 Å². The van der Waals surface area contributed by atoms with Crippen LogP contribution in [0.2, 0.25) is 0 Å². The molecule has 2 atom stereocenters. The van der Waals surface area contributed by atoms with E-state index in [1.165, 1.54) is 23.5 Å². The molecule has 0 bridgehead atoms. The molecule has 7 nitrogen and oxygen atoms in total. The van der Waals surface area contributed by atoms with Crippen molar-refractivity contribution in [1.82, 2.24) is 5.32 Å². The summed E-state index contributed by atoms with van der Waals surface area (Å²) in [7, 11) is -2.39.